The molecule has 0 N–H and O–H groups in total. The average Bonchev–Trinajstić information content (AvgIpc) is 2.65. The summed E-state index contributed by atoms with van der Waals surface area (Å²) in [6.07, 6.45) is 0. The Kier molecular flexibility index (Phi) is 2.32. The molecule has 7 aromatic carbocycles. The second-order valence-corrected chi connectivity index (χ2v) is 7.79. The molecule has 30 heavy (non-hydrogen) atoms. The van der Waals surface area contributed by atoms with Crippen LogP contribution in [0.1, 0.15) is 0 Å². The third kappa shape index (κ3) is 1.45. The second kappa shape index (κ2) is 4.46. The largest absolute Gasteiger partial charge is 0.847 e. The first-order valence-electron chi connectivity index (χ1n) is 9.19. The average molecular weight is 390 g/mol. The molecule has 6 nitrogen and oxygen atoms in total. The Hall–Kier alpha value is -4.32. The summed E-state index contributed by atoms with van der Waals surface area (Å²) in [5.41, 5.74) is -1.63. The topological polar surface area (TPSA) is 120 Å². The summed E-state index contributed by atoms with van der Waals surface area (Å²) in [6.45, 7) is 0. The molecule has 0 saturated carbocycles. The fraction of sp³-hybridized carbons (Fsp3) is 0. The number of rotatable bonds is 0. The highest BCUT2D eigenvalue weighted by Crippen LogP contribution is 2.50. The Balaban J connectivity index is 2.13. The molecule has 0 heterocycles. The first kappa shape index (κ1) is 15.6. The van der Waals surface area contributed by atoms with Crippen LogP contribution in [0.4, 0.5) is 0 Å². The summed E-state index contributed by atoms with van der Waals surface area (Å²) in [7, 11) is 0. The zero-order valence-electron chi connectivity index (χ0n) is 14.9. The molecule has 0 fully saturated rings. The lowest BCUT2D eigenvalue weighted by atomic mass is 9.82. The van der Waals surface area contributed by atoms with Gasteiger partial charge in [-0.1, -0.05) is 0 Å². The minimum atomic E-state index is -0.543. The van der Waals surface area contributed by atoms with E-state index >= 15 is 0 Å². The van der Waals surface area contributed by atoms with Crippen molar-refractivity contribution in [3.63, 3.8) is 0 Å². The molecule has 7 aromatic rings. The molecule has 0 aliphatic rings. The quantitative estimate of drug-likeness (QED) is 0.219. The summed E-state index contributed by atoms with van der Waals surface area (Å²) < 4.78 is 0. The normalized spacial score (nSPS) is 12.8. The lowest BCUT2D eigenvalue weighted by molar-refractivity contribution is -0.274. The van der Waals surface area contributed by atoms with Crippen LogP contribution in [-0.2, 0) is 0 Å². The first-order valence-corrected chi connectivity index (χ1v) is 9.19. The van der Waals surface area contributed by atoms with Gasteiger partial charge in [0.1, 0.15) is 33.0 Å². The van der Waals surface area contributed by atoms with Gasteiger partial charge in [0.2, 0.25) is 10.8 Å². The predicted molar refractivity (Wildman–Crippen MR) is 109 cm³/mol. The minimum Gasteiger partial charge on any atom is -0.847 e. The van der Waals surface area contributed by atoms with Gasteiger partial charge in [0, 0.05) is 23.6 Å². The van der Waals surface area contributed by atoms with Gasteiger partial charge in [-0.25, -0.2) is 4.79 Å². The van der Waals surface area contributed by atoms with Crippen LogP contribution in [-0.4, -0.2) is 0 Å². The Morgan fingerprint density at radius 2 is 1.07 bits per heavy atom. The second-order valence-electron chi connectivity index (χ2n) is 7.79. The van der Waals surface area contributed by atoms with Gasteiger partial charge in [-0.2, -0.15) is 0 Å². The van der Waals surface area contributed by atoms with Gasteiger partial charge in [0.15, 0.2) is 37.8 Å². The van der Waals surface area contributed by atoms with Crippen LogP contribution in [0.3, 0.4) is 0 Å². The maximum absolute atomic E-state index is 12.8. The van der Waals surface area contributed by atoms with Crippen molar-refractivity contribution in [3.05, 3.63) is 67.1 Å². The standard InChI is InChI=1S/C24H6O6/c25-10-1-7-2-11(26)20-13(28)5-9-6-15(30)21-14(29)4-8-3-12(27)19(10)22-16(7)23(20)18(9)24(21)17(8)22/h1-6H. The summed E-state index contributed by atoms with van der Waals surface area (Å²) in [5.74, 6) is -1.63. The van der Waals surface area contributed by atoms with E-state index in [1.54, 1.807) is 0 Å². The van der Waals surface area contributed by atoms with Crippen molar-refractivity contribution in [2.45, 2.75) is 0 Å². The van der Waals surface area contributed by atoms with Crippen molar-refractivity contribution >= 4 is 64.6 Å². The molecule has 6 heteroatoms. The van der Waals surface area contributed by atoms with Crippen LogP contribution in [0.15, 0.2) is 50.8 Å². The summed E-state index contributed by atoms with van der Waals surface area (Å²) in [4.78, 5) is 38.4. The smallest absolute Gasteiger partial charge is 0.318 e. The molecule has 0 saturated heterocycles. The van der Waals surface area contributed by atoms with Gasteiger partial charge in [-0.05, 0) is 0 Å². The molecule has 138 valence electrons. The van der Waals surface area contributed by atoms with Gasteiger partial charge in [0.25, 0.3) is 0 Å². The monoisotopic (exact) mass is 390 g/mol. The van der Waals surface area contributed by atoms with E-state index in [2.05, 4.69) is 0 Å². The predicted octanol–water partition coefficient (Wildman–Crippen LogP) is 1.38. The molecular weight excluding hydrogens is 384 g/mol. The zero-order valence-corrected chi connectivity index (χ0v) is 14.9. The van der Waals surface area contributed by atoms with Crippen molar-refractivity contribution in [2.24, 2.45) is 0 Å². The van der Waals surface area contributed by atoms with Crippen molar-refractivity contribution < 1.29 is 15.3 Å². The fourth-order valence-corrected chi connectivity index (χ4v) is 5.31. The van der Waals surface area contributed by atoms with Gasteiger partial charge < -0.3 is 15.3 Å². The lowest BCUT2D eigenvalue weighted by Crippen LogP contribution is -2.15. The van der Waals surface area contributed by atoms with Crippen LogP contribution in [0.25, 0.3) is 64.6 Å². The van der Waals surface area contributed by atoms with E-state index in [-0.39, 0.29) is 16.2 Å². The SMILES string of the molecule is O=c1cc2cc([O-])[c+]3c([O-])cc4cc(=O)[c+]5c([O-])cc6cc(=O)c1c1c2c3[c+]4c5c61. The third-order valence-corrected chi connectivity index (χ3v) is 6.31. The summed E-state index contributed by atoms with van der Waals surface area (Å²) >= 11 is 0. The molecule has 0 atom stereocenters. The van der Waals surface area contributed by atoms with Crippen LogP contribution in [0.5, 0.6) is 17.2 Å². The molecule has 0 unspecified atom stereocenters. The lowest BCUT2D eigenvalue weighted by Gasteiger charge is -2.13. The van der Waals surface area contributed by atoms with Crippen LogP contribution < -0.4 is 31.6 Å². The summed E-state index contributed by atoms with van der Waals surface area (Å²) in [6, 6.07) is 7.42. The van der Waals surface area contributed by atoms with Gasteiger partial charge in [-0.3, -0.25) is 9.59 Å². The van der Waals surface area contributed by atoms with Gasteiger partial charge in [-0.15, -0.1) is 0 Å². The van der Waals surface area contributed by atoms with E-state index in [4.69, 9.17) is 0 Å². The van der Waals surface area contributed by atoms with Gasteiger partial charge >= 0.3 is 5.43 Å². The number of benzene rings is 7. The van der Waals surface area contributed by atoms with E-state index in [1.165, 1.54) is 36.4 Å². The molecule has 0 aromatic heterocycles. The molecule has 0 aliphatic carbocycles. The van der Waals surface area contributed by atoms with E-state index in [0.29, 0.717) is 48.5 Å². The minimum absolute atomic E-state index is 0.0682. The Morgan fingerprint density at radius 3 is 1.70 bits per heavy atom. The maximum atomic E-state index is 12.8. The number of hydrogen-bond acceptors (Lipinski definition) is 6. The van der Waals surface area contributed by atoms with Crippen LogP contribution in [0.2, 0.25) is 0 Å². The van der Waals surface area contributed by atoms with Crippen molar-refractivity contribution in [1.29, 1.82) is 0 Å². The molecule has 0 amide bonds. The molecule has 0 spiro atoms. The highest BCUT2D eigenvalue weighted by molar-refractivity contribution is 6.45. The summed E-state index contributed by atoms with van der Waals surface area (Å²) in [5, 5.41) is 41.5. The molecular formula is C24H6O6. The van der Waals surface area contributed by atoms with Crippen molar-refractivity contribution in [3.8, 4) is 17.2 Å². The zero-order chi connectivity index (χ0) is 20.6. The molecule has 0 aliphatic heterocycles. The fourth-order valence-electron chi connectivity index (χ4n) is 5.31. The Bertz CT molecular complexity index is 2010. The van der Waals surface area contributed by atoms with E-state index < -0.39 is 33.5 Å². The highest BCUT2D eigenvalue weighted by Gasteiger charge is 2.38. The highest BCUT2D eigenvalue weighted by atomic mass is 16.3. The third-order valence-electron chi connectivity index (χ3n) is 6.31. The molecule has 0 bridgehead atoms. The van der Waals surface area contributed by atoms with Gasteiger partial charge in [0.05, 0.1) is 23.9 Å². The van der Waals surface area contributed by atoms with Crippen LogP contribution in [0, 0.1) is 0 Å². The van der Waals surface area contributed by atoms with Crippen LogP contribution >= 0.6 is 0 Å². The first-order chi connectivity index (χ1) is 14.4. The molecule has 7 rings (SSSR count). The van der Waals surface area contributed by atoms with Crippen molar-refractivity contribution in [2.75, 3.05) is 0 Å². The number of hydrogen-bond donors (Lipinski definition) is 0. The van der Waals surface area contributed by atoms with Crippen molar-refractivity contribution in [1.82, 2.24) is 0 Å². The van der Waals surface area contributed by atoms with E-state index in [9.17, 15) is 29.7 Å². The maximum Gasteiger partial charge on any atom is 0.318 e. The molecule has 0 radical (unpaired) electrons. The Morgan fingerprint density at radius 1 is 0.533 bits per heavy atom. The van der Waals surface area contributed by atoms with E-state index in [1.807, 2.05) is 0 Å². The van der Waals surface area contributed by atoms with E-state index in [0.717, 1.165) is 0 Å². The Labute approximate surface area is 164 Å².